The van der Waals surface area contributed by atoms with E-state index in [-0.39, 0.29) is 5.78 Å². The van der Waals surface area contributed by atoms with Crippen molar-refractivity contribution in [2.45, 2.75) is 44.9 Å². The van der Waals surface area contributed by atoms with Crippen molar-refractivity contribution in [1.29, 1.82) is 0 Å². The molecular formula is C40H36O. The van der Waals surface area contributed by atoms with Crippen LogP contribution in [0, 0.1) is 11.8 Å². The van der Waals surface area contributed by atoms with Gasteiger partial charge in [0.15, 0.2) is 5.78 Å². The summed E-state index contributed by atoms with van der Waals surface area (Å²) in [6.07, 6.45) is 17.0. The number of carbonyl (C=O) groups excluding carboxylic acids is 1. The molecule has 0 amide bonds. The minimum absolute atomic E-state index is 0.202. The zero-order valence-electron chi connectivity index (χ0n) is 23.6. The van der Waals surface area contributed by atoms with Gasteiger partial charge in [-0.15, -0.1) is 0 Å². The molecule has 0 radical (unpaired) electrons. The zero-order valence-corrected chi connectivity index (χ0v) is 23.6. The summed E-state index contributed by atoms with van der Waals surface area (Å²) in [5, 5.41) is 0. The van der Waals surface area contributed by atoms with Gasteiger partial charge in [-0.1, -0.05) is 109 Å². The number of fused-ring (bicyclic) bond motifs is 1. The van der Waals surface area contributed by atoms with Crippen LogP contribution < -0.4 is 0 Å². The predicted molar refractivity (Wildman–Crippen MR) is 172 cm³/mol. The second-order valence-electron chi connectivity index (χ2n) is 11.9. The van der Waals surface area contributed by atoms with Gasteiger partial charge in [-0.2, -0.15) is 0 Å². The fourth-order valence-corrected chi connectivity index (χ4v) is 7.03. The minimum atomic E-state index is 0.202. The summed E-state index contributed by atoms with van der Waals surface area (Å²) in [4.78, 5) is 12.7. The normalized spacial score (nSPS) is 20.0. The summed E-state index contributed by atoms with van der Waals surface area (Å²) in [6, 6.07) is 34.8. The standard InChI is InChI=1S/C40H36O/c41-40-13-7-12-36-26-37(38(27-39(36)40)32-10-5-2-6-11-32)33-20-16-29(17-21-33)24-28-14-18-31(19-15-28)35-23-22-34(25-35)30-8-3-1-4-9-30/h1-12,16-17,20-21,23,25-28,31H,13-15,18-19,22,24H2. The Balaban J connectivity index is 1.04. The highest BCUT2D eigenvalue weighted by molar-refractivity contribution is 6.05. The monoisotopic (exact) mass is 532 g/mol. The second-order valence-corrected chi connectivity index (χ2v) is 11.9. The van der Waals surface area contributed by atoms with E-state index in [1.54, 1.807) is 5.57 Å². The zero-order chi connectivity index (χ0) is 27.6. The Morgan fingerprint density at radius 2 is 1.29 bits per heavy atom. The average molecular weight is 533 g/mol. The van der Waals surface area contributed by atoms with Crippen LogP contribution in [0.3, 0.4) is 0 Å². The first kappa shape index (κ1) is 25.7. The summed E-state index contributed by atoms with van der Waals surface area (Å²) >= 11 is 0. The van der Waals surface area contributed by atoms with Crippen molar-refractivity contribution < 1.29 is 4.79 Å². The molecule has 0 bridgehead atoms. The topological polar surface area (TPSA) is 17.1 Å². The highest BCUT2D eigenvalue weighted by Crippen LogP contribution is 2.40. The Hall–Kier alpha value is -4.23. The van der Waals surface area contributed by atoms with E-state index in [0.29, 0.717) is 6.42 Å². The number of rotatable bonds is 6. The molecule has 1 fully saturated rings. The molecule has 7 rings (SSSR count). The van der Waals surface area contributed by atoms with Crippen molar-refractivity contribution in [3.63, 3.8) is 0 Å². The Morgan fingerprint density at radius 1 is 0.634 bits per heavy atom. The fraction of sp³-hybridized carbons (Fsp3) is 0.225. The maximum Gasteiger partial charge on any atom is 0.167 e. The van der Waals surface area contributed by atoms with Crippen LogP contribution in [0.4, 0.5) is 0 Å². The third kappa shape index (κ3) is 5.42. The molecule has 3 aliphatic rings. The SMILES string of the molecule is O=C1CC=Cc2cc(-c3ccc(CC4CCC(C5=CCC(c6ccccc6)=C5)CC4)cc3)c(-c3ccccc3)cc21. The van der Waals surface area contributed by atoms with Crippen LogP contribution in [0.25, 0.3) is 33.9 Å². The lowest BCUT2D eigenvalue weighted by Gasteiger charge is -2.29. The third-order valence-electron chi connectivity index (χ3n) is 9.33. The van der Waals surface area contributed by atoms with E-state index in [1.165, 1.54) is 53.5 Å². The Kier molecular flexibility index (Phi) is 7.11. The molecular weight excluding hydrogens is 496 g/mol. The Labute approximate surface area is 244 Å². The minimum Gasteiger partial charge on any atom is -0.294 e. The molecule has 0 atom stereocenters. The van der Waals surface area contributed by atoms with Gasteiger partial charge >= 0.3 is 0 Å². The lowest BCUT2D eigenvalue weighted by atomic mass is 9.76. The average Bonchev–Trinajstić information content (AvgIpc) is 3.53. The predicted octanol–water partition coefficient (Wildman–Crippen LogP) is 10.4. The third-order valence-corrected chi connectivity index (χ3v) is 9.33. The van der Waals surface area contributed by atoms with E-state index in [9.17, 15) is 4.79 Å². The van der Waals surface area contributed by atoms with Gasteiger partial charge in [-0.3, -0.25) is 4.79 Å². The van der Waals surface area contributed by atoms with Gasteiger partial charge in [0, 0.05) is 12.0 Å². The molecule has 0 aromatic heterocycles. The number of Topliss-reactive ketones (excluding diaryl/α,β-unsaturated/α-hetero) is 1. The summed E-state index contributed by atoms with van der Waals surface area (Å²) in [5.74, 6) is 1.68. The van der Waals surface area contributed by atoms with Crippen molar-refractivity contribution in [3.05, 3.63) is 143 Å². The van der Waals surface area contributed by atoms with Crippen molar-refractivity contribution in [1.82, 2.24) is 0 Å². The number of carbonyl (C=O) groups is 1. The molecule has 41 heavy (non-hydrogen) atoms. The first-order valence-electron chi connectivity index (χ1n) is 15.2. The first-order valence-corrected chi connectivity index (χ1v) is 15.2. The van der Waals surface area contributed by atoms with Crippen LogP contribution in [-0.2, 0) is 6.42 Å². The molecule has 1 nitrogen and oxygen atoms in total. The van der Waals surface area contributed by atoms with Gasteiger partial charge in [0.25, 0.3) is 0 Å². The van der Waals surface area contributed by atoms with E-state index in [1.807, 2.05) is 12.1 Å². The number of benzene rings is 4. The Morgan fingerprint density at radius 3 is 2.02 bits per heavy atom. The molecule has 0 unspecified atom stereocenters. The van der Waals surface area contributed by atoms with Crippen LogP contribution in [0.1, 0.15) is 65.6 Å². The van der Waals surface area contributed by atoms with Crippen molar-refractivity contribution in [3.8, 4) is 22.3 Å². The molecule has 0 spiro atoms. The van der Waals surface area contributed by atoms with Gasteiger partial charge in [0.05, 0.1) is 0 Å². The number of hydrogen-bond acceptors (Lipinski definition) is 1. The summed E-state index contributed by atoms with van der Waals surface area (Å²) in [5.41, 5.74) is 12.4. The van der Waals surface area contributed by atoms with Crippen LogP contribution >= 0.6 is 0 Å². The lowest BCUT2D eigenvalue weighted by Crippen LogP contribution is -2.17. The maximum atomic E-state index is 12.7. The molecule has 0 N–H and O–H groups in total. The quantitative estimate of drug-likeness (QED) is 0.241. The van der Waals surface area contributed by atoms with Gasteiger partial charge < -0.3 is 0 Å². The molecule has 0 heterocycles. The number of allylic oxidation sites excluding steroid dienone is 5. The van der Waals surface area contributed by atoms with E-state index >= 15 is 0 Å². The van der Waals surface area contributed by atoms with Crippen LogP contribution in [0.5, 0.6) is 0 Å². The summed E-state index contributed by atoms with van der Waals surface area (Å²) < 4.78 is 0. The largest absolute Gasteiger partial charge is 0.294 e. The van der Waals surface area contributed by atoms with Gasteiger partial charge in [0.2, 0.25) is 0 Å². The number of ketones is 1. The van der Waals surface area contributed by atoms with E-state index in [2.05, 4.69) is 109 Å². The summed E-state index contributed by atoms with van der Waals surface area (Å²) in [6.45, 7) is 0. The maximum absolute atomic E-state index is 12.7. The smallest absolute Gasteiger partial charge is 0.167 e. The molecule has 4 aromatic carbocycles. The van der Waals surface area contributed by atoms with Crippen molar-refractivity contribution >= 4 is 17.4 Å². The molecule has 202 valence electrons. The van der Waals surface area contributed by atoms with Crippen LogP contribution in [0.2, 0.25) is 0 Å². The molecule has 0 aliphatic heterocycles. The Bertz CT molecular complexity index is 1640. The first-order chi connectivity index (χ1) is 20.2. The van der Waals surface area contributed by atoms with Crippen LogP contribution in [-0.4, -0.2) is 5.78 Å². The van der Waals surface area contributed by atoms with Gasteiger partial charge in [-0.05, 0) is 113 Å². The van der Waals surface area contributed by atoms with Gasteiger partial charge in [-0.25, -0.2) is 0 Å². The molecule has 3 aliphatic carbocycles. The summed E-state index contributed by atoms with van der Waals surface area (Å²) in [7, 11) is 0. The highest BCUT2D eigenvalue weighted by Gasteiger charge is 2.25. The molecule has 1 heteroatoms. The van der Waals surface area contributed by atoms with E-state index in [4.69, 9.17) is 0 Å². The fourth-order valence-electron chi connectivity index (χ4n) is 7.03. The lowest BCUT2D eigenvalue weighted by molar-refractivity contribution is 0.0994. The number of hydrogen-bond donors (Lipinski definition) is 0. The molecule has 0 saturated heterocycles. The van der Waals surface area contributed by atoms with E-state index < -0.39 is 0 Å². The van der Waals surface area contributed by atoms with Crippen LogP contribution in [0.15, 0.2) is 121 Å². The van der Waals surface area contributed by atoms with E-state index in [0.717, 1.165) is 46.9 Å². The molecule has 4 aromatic rings. The highest BCUT2D eigenvalue weighted by atomic mass is 16.1. The van der Waals surface area contributed by atoms with Gasteiger partial charge in [0.1, 0.15) is 0 Å². The molecule has 1 saturated carbocycles. The second kappa shape index (κ2) is 11.3. The van der Waals surface area contributed by atoms with Crippen molar-refractivity contribution in [2.24, 2.45) is 11.8 Å². The van der Waals surface area contributed by atoms with Crippen molar-refractivity contribution in [2.75, 3.05) is 0 Å².